The van der Waals surface area contributed by atoms with Gasteiger partial charge in [-0.2, -0.15) is 5.26 Å². The van der Waals surface area contributed by atoms with E-state index in [4.69, 9.17) is 10.00 Å². The molecule has 0 aliphatic carbocycles. The average Bonchev–Trinajstić information content (AvgIpc) is 2.83. The van der Waals surface area contributed by atoms with Crippen LogP contribution in [0, 0.1) is 11.3 Å². The largest absolute Gasteiger partial charge is 0.449 e. The van der Waals surface area contributed by atoms with E-state index in [0.29, 0.717) is 16.9 Å². The van der Waals surface area contributed by atoms with Crippen LogP contribution in [0.25, 0.3) is 0 Å². The summed E-state index contributed by atoms with van der Waals surface area (Å²) < 4.78 is 5.32. The summed E-state index contributed by atoms with van der Waals surface area (Å²) in [6.07, 6.45) is -1.12. The second-order valence-corrected chi connectivity index (χ2v) is 6.97. The summed E-state index contributed by atoms with van der Waals surface area (Å²) in [5, 5.41) is 11.6. The molecule has 32 heavy (non-hydrogen) atoms. The Morgan fingerprint density at radius 1 is 0.938 bits per heavy atom. The normalized spacial score (nSPS) is 11.0. The zero-order chi connectivity index (χ0) is 23.1. The second kappa shape index (κ2) is 10.0. The summed E-state index contributed by atoms with van der Waals surface area (Å²) in [4.78, 5) is 39.7. The van der Waals surface area contributed by atoms with Gasteiger partial charge in [0.15, 0.2) is 6.10 Å². The fraction of sp³-hybridized carbons (Fsp3) is 0.120. The zero-order valence-corrected chi connectivity index (χ0v) is 17.6. The molecule has 3 aromatic rings. The van der Waals surface area contributed by atoms with Crippen LogP contribution in [-0.4, -0.2) is 30.9 Å². The highest BCUT2D eigenvalue weighted by atomic mass is 16.5. The first kappa shape index (κ1) is 22.2. The van der Waals surface area contributed by atoms with Gasteiger partial charge >= 0.3 is 5.97 Å². The highest BCUT2D eigenvalue weighted by Crippen LogP contribution is 2.19. The molecule has 7 nitrogen and oxygen atoms in total. The average molecular weight is 427 g/mol. The van der Waals surface area contributed by atoms with Crippen molar-refractivity contribution >= 4 is 29.2 Å². The lowest BCUT2D eigenvalue weighted by molar-refractivity contribution is -0.123. The fourth-order valence-electron chi connectivity index (χ4n) is 2.99. The number of nitrogens with one attached hydrogen (secondary N) is 1. The van der Waals surface area contributed by atoms with E-state index < -0.39 is 18.0 Å². The summed E-state index contributed by atoms with van der Waals surface area (Å²) >= 11 is 0. The number of amides is 2. The molecule has 1 atom stereocenters. The van der Waals surface area contributed by atoms with Crippen LogP contribution in [0.5, 0.6) is 0 Å². The van der Waals surface area contributed by atoms with Crippen LogP contribution in [0.3, 0.4) is 0 Å². The van der Waals surface area contributed by atoms with E-state index in [1.807, 2.05) is 24.3 Å². The Kier molecular flexibility index (Phi) is 6.99. The van der Waals surface area contributed by atoms with Crippen molar-refractivity contribution in [2.45, 2.75) is 13.0 Å². The van der Waals surface area contributed by atoms with Gasteiger partial charge in [-0.15, -0.1) is 0 Å². The Morgan fingerprint density at radius 2 is 1.59 bits per heavy atom. The lowest BCUT2D eigenvalue weighted by Gasteiger charge is -2.19. The third-order valence-corrected chi connectivity index (χ3v) is 4.74. The standard InChI is InChI=1S/C25H21N3O4/c1-17(23(29)27-19-10-8-9-18(15-19)16-26)32-25(31)22-14-7-6-13-21(22)24(30)28(2)20-11-4-3-5-12-20/h3-15,17H,1-2H3,(H,27,29)/t17-/m0/s1. The number of hydrogen-bond acceptors (Lipinski definition) is 5. The molecule has 2 amide bonds. The van der Waals surface area contributed by atoms with Crippen LogP contribution in [0.15, 0.2) is 78.9 Å². The molecule has 0 spiro atoms. The van der Waals surface area contributed by atoms with Crippen molar-refractivity contribution in [1.82, 2.24) is 0 Å². The van der Waals surface area contributed by atoms with Gasteiger partial charge in [-0.25, -0.2) is 4.79 Å². The molecule has 7 heteroatoms. The number of anilines is 2. The Morgan fingerprint density at radius 3 is 2.28 bits per heavy atom. The Bertz CT molecular complexity index is 1190. The number of carbonyl (C=O) groups is 3. The summed E-state index contributed by atoms with van der Waals surface area (Å²) in [7, 11) is 1.62. The third-order valence-electron chi connectivity index (χ3n) is 4.74. The van der Waals surface area contributed by atoms with Gasteiger partial charge in [0.25, 0.3) is 11.8 Å². The molecule has 1 N–H and O–H groups in total. The van der Waals surface area contributed by atoms with E-state index in [9.17, 15) is 14.4 Å². The quantitative estimate of drug-likeness (QED) is 0.599. The van der Waals surface area contributed by atoms with E-state index in [1.165, 1.54) is 30.0 Å². The molecule has 0 saturated carbocycles. The number of carbonyl (C=O) groups excluding carboxylic acids is 3. The highest BCUT2D eigenvalue weighted by molar-refractivity contribution is 6.12. The number of para-hydroxylation sites is 1. The number of hydrogen-bond donors (Lipinski definition) is 1. The van der Waals surface area contributed by atoms with Crippen molar-refractivity contribution in [2.75, 3.05) is 17.3 Å². The molecule has 0 saturated heterocycles. The summed E-state index contributed by atoms with van der Waals surface area (Å²) in [6.45, 7) is 1.43. The lowest BCUT2D eigenvalue weighted by atomic mass is 10.1. The molecular formula is C25H21N3O4. The van der Waals surface area contributed by atoms with Crippen molar-refractivity contribution in [3.8, 4) is 6.07 Å². The molecule has 0 radical (unpaired) electrons. The van der Waals surface area contributed by atoms with Gasteiger partial charge in [0.05, 0.1) is 22.8 Å². The van der Waals surface area contributed by atoms with Crippen LogP contribution in [0.4, 0.5) is 11.4 Å². The summed E-state index contributed by atoms with van der Waals surface area (Å²) in [5.41, 5.74) is 1.71. The first-order valence-corrected chi connectivity index (χ1v) is 9.85. The molecular weight excluding hydrogens is 406 g/mol. The molecule has 0 unspecified atom stereocenters. The maximum absolute atomic E-state index is 13.0. The second-order valence-electron chi connectivity index (χ2n) is 6.97. The molecule has 0 aliphatic rings. The predicted octanol–water partition coefficient (Wildman–Crippen LogP) is 4.02. The molecule has 3 rings (SSSR count). The van der Waals surface area contributed by atoms with Crippen molar-refractivity contribution in [3.05, 3.63) is 95.6 Å². The van der Waals surface area contributed by atoms with Crippen LogP contribution in [0.2, 0.25) is 0 Å². The van der Waals surface area contributed by atoms with Crippen molar-refractivity contribution in [3.63, 3.8) is 0 Å². The third kappa shape index (κ3) is 5.18. The number of rotatable bonds is 6. The fourth-order valence-corrected chi connectivity index (χ4v) is 2.99. The van der Waals surface area contributed by atoms with E-state index in [-0.39, 0.29) is 17.0 Å². The Hall–Kier alpha value is -4.44. The van der Waals surface area contributed by atoms with Crippen LogP contribution in [0.1, 0.15) is 33.2 Å². The predicted molar refractivity (Wildman–Crippen MR) is 120 cm³/mol. The van der Waals surface area contributed by atoms with Gasteiger partial charge in [-0.05, 0) is 49.4 Å². The van der Waals surface area contributed by atoms with Gasteiger partial charge in [0.2, 0.25) is 0 Å². The van der Waals surface area contributed by atoms with E-state index in [0.717, 1.165) is 0 Å². The molecule has 3 aromatic carbocycles. The summed E-state index contributed by atoms with van der Waals surface area (Å²) in [6, 6.07) is 23.7. The number of nitrogens with zero attached hydrogens (tertiary/aromatic N) is 2. The number of benzene rings is 3. The SMILES string of the molecule is C[C@H](OC(=O)c1ccccc1C(=O)N(C)c1ccccc1)C(=O)Nc1cccc(C#N)c1. The molecule has 0 bridgehead atoms. The van der Waals surface area contributed by atoms with Crippen LogP contribution >= 0.6 is 0 Å². The van der Waals surface area contributed by atoms with Crippen LogP contribution < -0.4 is 10.2 Å². The molecule has 0 heterocycles. The maximum Gasteiger partial charge on any atom is 0.339 e. The van der Waals surface area contributed by atoms with Gasteiger partial charge in [0, 0.05) is 18.4 Å². The molecule has 160 valence electrons. The Balaban J connectivity index is 1.73. The lowest BCUT2D eigenvalue weighted by Crippen LogP contribution is -2.32. The van der Waals surface area contributed by atoms with E-state index in [2.05, 4.69) is 5.32 Å². The minimum atomic E-state index is -1.12. The smallest absolute Gasteiger partial charge is 0.339 e. The first-order valence-electron chi connectivity index (χ1n) is 9.85. The highest BCUT2D eigenvalue weighted by Gasteiger charge is 2.24. The zero-order valence-electron chi connectivity index (χ0n) is 17.6. The number of ether oxygens (including phenoxy) is 1. The van der Waals surface area contributed by atoms with E-state index in [1.54, 1.807) is 49.5 Å². The van der Waals surface area contributed by atoms with Gasteiger partial charge in [0.1, 0.15) is 0 Å². The topological polar surface area (TPSA) is 99.5 Å². The molecule has 0 aliphatic heterocycles. The van der Waals surface area contributed by atoms with Gasteiger partial charge < -0.3 is 15.0 Å². The van der Waals surface area contributed by atoms with Crippen molar-refractivity contribution in [1.29, 1.82) is 5.26 Å². The first-order chi connectivity index (χ1) is 15.4. The van der Waals surface area contributed by atoms with Gasteiger partial charge in [-0.1, -0.05) is 36.4 Å². The number of esters is 1. The van der Waals surface area contributed by atoms with E-state index >= 15 is 0 Å². The minimum Gasteiger partial charge on any atom is -0.449 e. The number of nitriles is 1. The maximum atomic E-state index is 13.0. The molecule has 0 aromatic heterocycles. The molecule has 0 fully saturated rings. The van der Waals surface area contributed by atoms with Gasteiger partial charge in [-0.3, -0.25) is 9.59 Å². The Labute approximate surface area is 185 Å². The van der Waals surface area contributed by atoms with Crippen molar-refractivity contribution in [2.24, 2.45) is 0 Å². The monoisotopic (exact) mass is 427 g/mol. The minimum absolute atomic E-state index is 0.0615. The summed E-state index contributed by atoms with van der Waals surface area (Å²) in [5.74, 6) is -1.73. The van der Waals surface area contributed by atoms with Crippen LogP contribution in [-0.2, 0) is 9.53 Å². The van der Waals surface area contributed by atoms with Crippen molar-refractivity contribution < 1.29 is 19.1 Å².